The molecule has 1 aromatic rings. The van der Waals surface area contributed by atoms with Crippen molar-refractivity contribution >= 4 is 16.8 Å². The molecule has 1 aromatic carbocycles. The topological polar surface area (TPSA) is 3.24 Å². The number of anilines is 1. The largest absolute Gasteiger partial charge is 0.342 e. The van der Waals surface area contributed by atoms with E-state index < -0.39 is 0 Å². The lowest BCUT2D eigenvalue weighted by Crippen LogP contribution is -2.43. The van der Waals surface area contributed by atoms with E-state index >= 15 is 0 Å². The number of allylic oxidation sites excluding steroid dienone is 10. The van der Waals surface area contributed by atoms with E-state index in [1.165, 1.54) is 65.9 Å². The summed E-state index contributed by atoms with van der Waals surface area (Å²) in [4.78, 5) is 2.77. The van der Waals surface area contributed by atoms with Gasteiger partial charge in [0.15, 0.2) is 0 Å². The summed E-state index contributed by atoms with van der Waals surface area (Å²) in [5.41, 5.74) is 10.8. The van der Waals surface area contributed by atoms with E-state index in [2.05, 4.69) is 99.9 Å². The Bertz CT molecular complexity index is 1420. The second kappa shape index (κ2) is 11.0. The molecule has 204 valence electrons. The summed E-state index contributed by atoms with van der Waals surface area (Å²) in [6.45, 7) is 13.5. The molecule has 0 saturated heterocycles. The summed E-state index contributed by atoms with van der Waals surface area (Å²) >= 11 is 0. The molecular weight excluding hydrogens is 470 g/mol. The van der Waals surface area contributed by atoms with Crippen molar-refractivity contribution in [1.29, 1.82) is 0 Å². The quantitative estimate of drug-likeness (QED) is 0.341. The van der Waals surface area contributed by atoms with Crippen LogP contribution in [0.1, 0.15) is 85.5 Å². The Morgan fingerprint density at radius 1 is 0.949 bits per heavy atom. The maximum Gasteiger partial charge on any atom is 0.0417 e. The first-order valence-corrected chi connectivity index (χ1v) is 15.6. The summed E-state index contributed by atoms with van der Waals surface area (Å²) in [5.74, 6) is 2.64. The van der Waals surface area contributed by atoms with Crippen molar-refractivity contribution in [2.75, 3.05) is 4.90 Å². The van der Waals surface area contributed by atoms with E-state index in [0.717, 1.165) is 19.3 Å². The van der Waals surface area contributed by atoms with Crippen molar-refractivity contribution in [1.82, 2.24) is 0 Å². The van der Waals surface area contributed by atoms with Crippen LogP contribution in [0, 0.1) is 23.7 Å². The van der Waals surface area contributed by atoms with Gasteiger partial charge in [-0.25, -0.2) is 0 Å². The van der Waals surface area contributed by atoms with Crippen LogP contribution >= 0.6 is 0 Å². The van der Waals surface area contributed by atoms with Gasteiger partial charge in [0.2, 0.25) is 0 Å². The van der Waals surface area contributed by atoms with Crippen LogP contribution in [0.2, 0.25) is 0 Å². The van der Waals surface area contributed by atoms with Crippen LogP contribution < -0.4 is 15.3 Å². The summed E-state index contributed by atoms with van der Waals surface area (Å²) in [6.07, 6.45) is 27.5. The molecule has 0 N–H and O–H groups in total. The van der Waals surface area contributed by atoms with Gasteiger partial charge < -0.3 is 4.90 Å². The van der Waals surface area contributed by atoms with E-state index in [9.17, 15) is 0 Å². The van der Waals surface area contributed by atoms with Gasteiger partial charge in [-0.2, -0.15) is 0 Å². The fraction of sp³-hybridized carbons (Fsp3) is 0.474. The van der Waals surface area contributed by atoms with Crippen LogP contribution in [0.3, 0.4) is 0 Å². The molecule has 0 aliphatic heterocycles. The number of hydrogen-bond acceptors (Lipinski definition) is 1. The van der Waals surface area contributed by atoms with E-state index in [4.69, 9.17) is 0 Å². The predicted molar refractivity (Wildman–Crippen MR) is 169 cm³/mol. The average molecular weight is 518 g/mol. The molecule has 0 spiro atoms. The van der Waals surface area contributed by atoms with Gasteiger partial charge in [-0.05, 0) is 143 Å². The summed E-state index contributed by atoms with van der Waals surface area (Å²) in [7, 11) is 0. The average Bonchev–Trinajstić information content (AvgIpc) is 2.96. The monoisotopic (exact) mass is 517 g/mol. The molecule has 0 fully saturated rings. The Morgan fingerprint density at radius 3 is 2.64 bits per heavy atom. The van der Waals surface area contributed by atoms with Crippen molar-refractivity contribution in [3.8, 4) is 0 Å². The summed E-state index contributed by atoms with van der Waals surface area (Å²) < 4.78 is 0. The Hall–Kier alpha value is -2.80. The molecule has 5 aliphatic rings. The second-order valence-corrected chi connectivity index (χ2v) is 13.0. The molecule has 6 rings (SSSR count). The van der Waals surface area contributed by atoms with Gasteiger partial charge in [-0.1, -0.05) is 64.8 Å². The lowest BCUT2D eigenvalue weighted by molar-refractivity contribution is 0.419. The van der Waals surface area contributed by atoms with Crippen molar-refractivity contribution in [2.24, 2.45) is 23.7 Å². The van der Waals surface area contributed by atoms with Gasteiger partial charge in [0, 0.05) is 17.4 Å². The molecule has 5 aliphatic carbocycles. The standard InChI is InChI=1S/C38H47N/c1-6-7-10-30-22-32(16-14-26(30)3)39(33-17-15-29-11-8-9-12-31(29)23-33)34-18-20-36-27(4)37-21-25(2)13-19-35(37)28(5)38(36)24-34/h6,8,11,13-16,18,20,24,30-31,33,35,37H,1,7,9-10,12,17,19,21-23H2,2-5H3. The molecule has 1 heteroatoms. The molecule has 1 nitrogen and oxygen atoms in total. The Labute approximate surface area is 236 Å². The van der Waals surface area contributed by atoms with Crippen molar-refractivity contribution in [2.45, 2.75) is 91.5 Å². The van der Waals surface area contributed by atoms with Gasteiger partial charge in [0.1, 0.15) is 0 Å². The smallest absolute Gasteiger partial charge is 0.0417 e. The van der Waals surface area contributed by atoms with Crippen LogP contribution in [0.5, 0.6) is 0 Å². The highest BCUT2D eigenvalue weighted by molar-refractivity contribution is 5.65. The first kappa shape index (κ1) is 26.4. The first-order chi connectivity index (χ1) is 18.9. The van der Waals surface area contributed by atoms with E-state index in [0.29, 0.717) is 29.7 Å². The minimum atomic E-state index is 0.517. The molecule has 5 atom stereocenters. The van der Waals surface area contributed by atoms with Gasteiger partial charge in [0.25, 0.3) is 0 Å². The van der Waals surface area contributed by atoms with E-state index in [1.54, 1.807) is 22.3 Å². The Balaban J connectivity index is 1.43. The number of rotatable bonds is 6. The fourth-order valence-electron chi connectivity index (χ4n) is 8.25. The summed E-state index contributed by atoms with van der Waals surface area (Å²) in [5, 5.41) is 3.00. The van der Waals surface area contributed by atoms with Crippen LogP contribution in [-0.2, 0) is 0 Å². The van der Waals surface area contributed by atoms with Crippen LogP contribution in [0.15, 0.2) is 89.7 Å². The van der Waals surface area contributed by atoms with Crippen molar-refractivity contribution in [3.05, 3.63) is 100 Å². The third kappa shape index (κ3) is 4.99. The molecule has 0 heterocycles. The van der Waals surface area contributed by atoms with Crippen molar-refractivity contribution < 1.29 is 0 Å². The maximum absolute atomic E-state index is 4.01. The van der Waals surface area contributed by atoms with Crippen LogP contribution in [-0.4, -0.2) is 6.04 Å². The highest BCUT2D eigenvalue weighted by Gasteiger charge is 2.34. The minimum Gasteiger partial charge on any atom is -0.342 e. The second-order valence-electron chi connectivity index (χ2n) is 13.0. The molecule has 39 heavy (non-hydrogen) atoms. The number of hydrogen-bond donors (Lipinski definition) is 0. The Kier molecular flexibility index (Phi) is 7.45. The molecule has 0 amide bonds. The van der Waals surface area contributed by atoms with Gasteiger partial charge in [0.05, 0.1) is 0 Å². The lowest BCUT2D eigenvalue weighted by Gasteiger charge is -2.42. The van der Waals surface area contributed by atoms with Gasteiger partial charge in [-0.15, -0.1) is 6.58 Å². The predicted octanol–water partition coefficient (Wildman–Crippen LogP) is 8.69. The fourth-order valence-corrected chi connectivity index (χ4v) is 8.25. The first-order valence-electron chi connectivity index (χ1n) is 15.6. The molecule has 0 saturated carbocycles. The molecule has 0 aromatic heterocycles. The number of nitrogens with zero attached hydrogens (tertiary/aromatic N) is 1. The third-order valence-electron chi connectivity index (χ3n) is 10.7. The molecule has 0 radical (unpaired) electrons. The maximum atomic E-state index is 4.01. The van der Waals surface area contributed by atoms with Crippen molar-refractivity contribution in [3.63, 3.8) is 0 Å². The highest BCUT2D eigenvalue weighted by Crippen LogP contribution is 2.42. The van der Waals surface area contributed by atoms with E-state index in [1.807, 2.05) is 0 Å². The molecule has 5 unspecified atom stereocenters. The minimum absolute atomic E-state index is 0.517. The molecule has 0 bridgehead atoms. The van der Waals surface area contributed by atoms with E-state index in [-0.39, 0.29) is 0 Å². The third-order valence-corrected chi connectivity index (χ3v) is 10.7. The normalized spacial score (nSPS) is 29.8. The zero-order valence-electron chi connectivity index (χ0n) is 24.7. The van der Waals surface area contributed by atoms with Crippen LogP contribution in [0.4, 0.5) is 5.69 Å². The SMILES string of the molecule is C=CCCC1CC(N(c2ccc3c(c2)=C(C)C2CC=C(C)CC2C=3C)C2CC=C3C=CCCC3C2)=CC=C1C. The number of fused-ring (bicyclic) bond motifs is 3. The number of benzene rings is 1. The molecular formula is C38H47N. The Morgan fingerprint density at radius 2 is 1.79 bits per heavy atom. The van der Waals surface area contributed by atoms with Gasteiger partial charge in [-0.3, -0.25) is 0 Å². The zero-order chi connectivity index (χ0) is 27.1. The summed E-state index contributed by atoms with van der Waals surface area (Å²) in [6, 6.07) is 8.00. The lowest BCUT2D eigenvalue weighted by atomic mass is 9.69. The highest BCUT2D eigenvalue weighted by atomic mass is 15.2. The van der Waals surface area contributed by atoms with Crippen LogP contribution in [0.25, 0.3) is 11.1 Å². The zero-order valence-corrected chi connectivity index (χ0v) is 24.7. The van der Waals surface area contributed by atoms with Gasteiger partial charge >= 0.3 is 0 Å².